The van der Waals surface area contributed by atoms with Gasteiger partial charge < -0.3 is 20.1 Å². The molecule has 6 heteroatoms. The van der Waals surface area contributed by atoms with E-state index in [4.69, 9.17) is 9.47 Å². The molecular formula is C19H25N3O2S. The maximum atomic E-state index is 5.74. The highest BCUT2D eigenvalue weighted by Crippen LogP contribution is 2.30. The molecule has 134 valence electrons. The van der Waals surface area contributed by atoms with Crippen LogP contribution in [-0.4, -0.2) is 26.2 Å². The van der Waals surface area contributed by atoms with Crippen molar-refractivity contribution in [1.29, 1.82) is 0 Å². The first-order chi connectivity index (χ1) is 12.3. The smallest absolute Gasteiger partial charge is 0.191 e. The summed E-state index contributed by atoms with van der Waals surface area (Å²) in [6.45, 7) is 5.06. The molecule has 1 aliphatic rings. The minimum Gasteiger partial charge on any atom is -0.490 e. The van der Waals surface area contributed by atoms with Gasteiger partial charge in [-0.15, -0.1) is 11.3 Å². The fraction of sp³-hybridized carbons (Fsp3) is 0.421. The summed E-state index contributed by atoms with van der Waals surface area (Å²) in [5.74, 6) is 2.44. The molecule has 1 aromatic carbocycles. The van der Waals surface area contributed by atoms with Crippen LogP contribution in [0.3, 0.4) is 0 Å². The molecule has 0 atom stereocenters. The molecule has 0 fully saturated rings. The van der Waals surface area contributed by atoms with E-state index in [0.717, 1.165) is 42.4 Å². The second-order valence-corrected chi connectivity index (χ2v) is 7.09. The third-order valence-electron chi connectivity index (χ3n) is 3.99. The second-order valence-electron chi connectivity index (χ2n) is 5.83. The summed E-state index contributed by atoms with van der Waals surface area (Å²) in [6, 6.07) is 10.4. The van der Waals surface area contributed by atoms with Crippen molar-refractivity contribution >= 4 is 17.3 Å². The minimum atomic E-state index is 0.682. The molecule has 0 saturated carbocycles. The molecular weight excluding hydrogens is 334 g/mol. The van der Waals surface area contributed by atoms with Crippen LogP contribution in [0.25, 0.3) is 0 Å². The van der Waals surface area contributed by atoms with Gasteiger partial charge in [0.05, 0.1) is 19.8 Å². The van der Waals surface area contributed by atoms with Crippen molar-refractivity contribution in [2.45, 2.75) is 32.9 Å². The highest BCUT2D eigenvalue weighted by atomic mass is 32.1. The van der Waals surface area contributed by atoms with E-state index in [1.54, 1.807) is 7.05 Å². The van der Waals surface area contributed by atoms with Gasteiger partial charge in [-0.1, -0.05) is 13.0 Å². The Morgan fingerprint density at radius 3 is 2.56 bits per heavy atom. The molecule has 0 spiro atoms. The van der Waals surface area contributed by atoms with Gasteiger partial charge in [0.25, 0.3) is 0 Å². The average molecular weight is 359 g/mol. The molecule has 25 heavy (non-hydrogen) atoms. The highest BCUT2D eigenvalue weighted by Gasteiger charge is 2.10. The topological polar surface area (TPSA) is 54.9 Å². The number of hydrogen-bond donors (Lipinski definition) is 2. The molecule has 1 aliphatic heterocycles. The van der Waals surface area contributed by atoms with E-state index in [9.17, 15) is 0 Å². The monoisotopic (exact) mass is 359 g/mol. The molecule has 0 amide bonds. The van der Waals surface area contributed by atoms with E-state index in [2.05, 4.69) is 40.7 Å². The van der Waals surface area contributed by atoms with Gasteiger partial charge in [-0.2, -0.15) is 0 Å². The zero-order chi connectivity index (χ0) is 17.5. The molecule has 2 aromatic rings. The first kappa shape index (κ1) is 17.6. The van der Waals surface area contributed by atoms with Gasteiger partial charge in [-0.25, -0.2) is 0 Å². The van der Waals surface area contributed by atoms with Gasteiger partial charge in [-0.05, 0) is 36.2 Å². The van der Waals surface area contributed by atoms with E-state index in [1.165, 1.54) is 9.75 Å². The van der Waals surface area contributed by atoms with E-state index in [1.807, 2.05) is 23.5 Å². The fourth-order valence-corrected chi connectivity index (χ4v) is 3.50. The van der Waals surface area contributed by atoms with Crippen LogP contribution in [0, 0.1) is 0 Å². The molecule has 3 rings (SSSR count). The number of aryl methyl sites for hydroxylation is 1. The minimum absolute atomic E-state index is 0.682. The fourth-order valence-electron chi connectivity index (χ4n) is 2.60. The maximum Gasteiger partial charge on any atom is 0.191 e. The predicted octanol–water partition coefficient (Wildman–Crippen LogP) is 3.34. The van der Waals surface area contributed by atoms with E-state index < -0.39 is 0 Å². The normalized spacial score (nSPS) is 14.1. The zero-order valence-electron chi connectivity index (χ0n) is 14.8. The predicted molar refractivity (Wildman–Crippen MR) is 103 cm³/mol. The molecule has 0 aliphatic carbocycles. The number of ether oxygens (including phenoxy) is 2. The van der Waals surface area contributed by atoms with Crippen LogP contribution in [0.4, 0.5) is 0 Å². The van der Waals surface area contributed by atoms with Crippen LogP contribution < -0.4 is 20.1 Å². The molecule has 1 aromatic heterocycles. The highest BCUT2D eigenvalue weighted by molar-refractivity contribution is 7.11. The first-order valence-electron chi connectivity index (χ1n) is 8.69. The summed E-state index contributed by atoms with van der Waals surface area (Å²) in [4.78, 5) is 7.02. The Morgan fingerprint density at radius 1 is 1.04 bits per heavy atom. The lowest BCUT2D eigenvalue weighted by molar-refractivity contribution is 0.297. The van der Waals surface area contributed by atoms with Crippen molar-refractivity contribution in [2.24, 2.45) is 4.99 Å². The standard InChI is InChI=1S/C19H25N3O2S/c1-3-15-6-7-16(25-15)13-22-19(20-2)21-12-14-5-8-17-18(11-14)24-10-4-9-23-17/h5-8,11H,3-4,9-10,12-13H2,1-2H3,(H2,20,21,22). The first-order valence-corrected chi connectivity index (χ1v) is 9.50. The molecule has 5 nitrogen and oxygen atoms in total. The van der Waals surface area contributed by atoms with Crippen molar-refractivity contribution in [1.82, 2.24) is 10.6 Å². The van der Waals surface area contributed by atoms with Crippen LogP contribution in [0.5, 0.6) is 11.5 Å². The lowest BCUT2D eigenvalue weighted by Crippen LogP contribution is -2.36. The van der Waals surface area contributed by atoms with Crippen LogP contribution in [0.2, 0.25) is 0 Å². The van der Waals surface area contributed by atoms with Gasteiger partial charge in [0.1, 0.15) is 0 Å². The average Bonchev–Trinajstić information content (AvgIpc) is 2.98. The van der Waals surface area contributed by atoms with Gasteiger partial charge >= 0.3 is 0 Å². The number of nitrogens with zero attached hydrogens (tertiary/aromatic N) is 1. The number of benzene rings is 1. The lowest BCUT2D eigenvalue weighted by Gasteiger charge is -2.13. The summed E-state index contributed by atoms with van der Waals surface area (Å²) in [5.41, 5.74) is 1.14. The van der Waals surface area contributed by atoms with Gasteiger partial charge in [0.15, 0.2) is 17.5 Å². The van der Waals surface area contributed by atoms with Gasteiger partial charge in [-0.3, -0.25) is 4.99 Å². The van der Waals surface area contributed by atoms with Crippen LogP contribution in [0.1, 0.15) is 28.7 Å². The number of thiophene rings is 1. The van der Waals surface area contributed by atoms with E-state index >= 15 is 0 Å². The molecule has 0 unspecified atom stereocenters. The number of rotatable bonds is 5. The quantitative estimate of drug-likeness (QED) is 0.635. The molecule has 0 bridgehead atoms. The molecule has 0 radical (unpaired) electrons. The third kappa shape index (κ3) is 4.89. The van der Waals surface area contributed by atoms with Crippen molar-refractivity contribution in [2.75, 3.05) is 20.3 Å². The summed E-state index contributed by atoms with van der Waals surface area (Å²) in [7, 11) is 1.79. The van der Waals surface area contributed by atoms with Crippen LogP contribution in [0.15, 0.2) is 35.3 Å². The summed E-state index contributed by atoms with van der Waals surface area (Å²) < 4.78 is 11.4. The second kappa shape index (κ2) is 8.76. The summed E-state index contributed by atoms with van der Waals surface area (Å²) in [6.07, 6.45) is 2.00. The van der Waals surface area contributed by atoms with Gasteiger partial charge in [0, 0.05) is 29.8 Å². The molecule has 2 N–H and O–H groups in total. The van der Waals surface area contributed by atoms with Crippen molar-refractivity contribution in [3.63, 3.8) is 0 Å². The third-order valence-corrected chi connectivity index (χ3v) is 5.22. The van der Waals surface area contributed by atoms with Crippen molar-refractivity contribution in [3.8, 4) is 11.5 Å². The zero-order valence-corrected chi connectivity index (χ0v) is 15.6. The van der Waals surface area contributed by atoms with Gasteiger partial charge in [0.2, 0.25) is 0 Å². The Morgan fingerprint density at radius 2 is 1.80 bits per heavy atom. The Kier molecular flexibility index (Phi) is 6.17. The Balaban J connectivity index is 1.53. The summed E-state index contributed by atoms with van der Waals surface area (Å²) in [5, 5.41) is 6.71. The number of aliphatic imine (C=N–C) groups is 1. The number of nitrogens with one attached hydrogen (secondary N) is 2. The van der Waals surface area contributed by atoms with E-state index in [0.29, 0.717) is 19.8 Å². The maximum absolute atomic E-state index is 5.74. The van der Waals surface area contributed by atoms with Crippen molar-refractivity contribution < 1.29 is 9.47 Å². The SMILES string of the molecule is CCc1ccc(CNC(=NC)NCc2ccc3c(c2)OCCCO3)s1. The number of hydrogen-bond acceptors (Lipinski definition) is 4. The lowest BCUT2D eigenvalue weighted by atomic mass is 10.2. The van der Waals surface area contributed by atoms with Crippen LogP contribution in [-0.2, 0) is 19.5 Å². The summed E-state index contributed by atoms with van der Waals surface area (Å²) >= 11 is 1.84. The van der Waals surface area contributed by atoms with E-state index in [-0.39, 0.29) is 0 Å². The van der Waals surface area contributed by atoms with Crippen LogP contribution >= 0.6 is 11.3 Å². The molecule has 0 saturated heterocycles. The number of fused-ring (bicyclic) bond motifs is 1. The Labute approximate surface area is 153 Å². The molecule has 2 heterocycles. The van der Waals surface area contributed by atoms with Crippen molar-refractivity contribution in [3.05, 3.63) is 45.6 Å². The Bertz CT molecular complexity index is 727. The Hall–Kier alpha value is -2.21. The number of guanidine groups is 1. The largest absolute Gasteiger partial charge is 0.490 e.